The maximum Gasteiger partial charge on any atom is 0.332 e. The molecule has 0 aromatic carbocycles. The molecule has 0 bridgehead atoms. The molecule has 0 N–H and O–H groups in total. The SMILES string of the molecule is C/C=C\Cn1c(=O)c2c(nc(-n3nc(C)c(C)c3C)n2CC)n(C)c1=O. The molecule has 26 heavy (non-hydrogen) atoms. The molecule has 0 spiro atoms. The van der Waals surface area contributed by atoms with Crippen LogP contribution in [0.2, 0.25) is 0 Å². The highest BCUT2D eigenvalue weighted by molar-refractivity contribution is 5.72. The van der Waals surface area contributed by atoms with E-state index in [-0.39, 0.29) is 17.8 Å². The highest BCUT2D eigenvalue weighted by Crippen LogP contribution is 2.19. The molecule has 0 unspecified atom stereocenters. The third-order valence-electron chi connectivity index (χ3n) is 4.89. The molecule has 0 saturated carbocycles. The minimum Gasteiger partial charge on any atom is -0.303 e. The third kappa shape index (κ3) is 2.44. The molecule has 0 aliphatic rings. The highest BCUT2D eigenvalue weighted by Gasteiger charge is 2.22. The zero-order valence-electron chi connectivity index (χ0n) is 16.1. The Hall–Kier alpha value is -2.90. The van der Waals surface area contributed by atoms with Gasteiger partial charge in [0.25, 0.3) is 5.56 Å². The maximum absolute atomic E-state index is 13.0. The van der Waals surface area contributed by atoms with E-state index >= 15 is 0 Å². The van der Waals surface area contributed by atoms with Crippen LogP contribution in [0.5, 0.6) is 0 Å². The Balaban J connectivity index is 2.43. The number of aryl methyl sites for hydroxylation is 3. The Morgan fingerprint density at radius 2 is 1.81 bits per heavy atom. The molecule has 3 aromatic heterocycles. The first-order valence-electron chi connectivity index (χ1n) is 8.67. The molecule has 0 radical (unpaired) electrons. The van der Waals surface area contributed by atoms with E-state index in [0.717, 1.165) is 17.0 Å². The molecule has 3 aromatic rings. The predicted molar refractivity (Wildman–Crippen MR) is 101 cm³/mol. The molecule has 3 heterocycles. The lowest BCUT2D eigenvalue weighted by molar-refractivity contribution is 0.657. The quantitative estimate of drug-likeness (QED) is 0.665. The number of hydrogen-bond acceptors (Lipinski definition) is 4. The average Bonchev–Trinajstić information content (AvgIpc) is 3.13. The Morgan fingerprint density at radius 3 is 2.35 bits per heavy atom. The summed E-state index contributed by atoms with van der Waals surface area (Å²) in [5, 5.41) is 4.56. The van der Waals surface area contributed by atoms with Crippen molar-refractivity contribution in [2.45, 2.75) is 47.7 Å². The Bertz CT molecular complexity index is 1140. The molecule has 8 heteroatoms. The van der Waals surface area contributed by atoms with Gasteiger partial charge >= 0.3 is 5.69 Å². The van der Waals surface area contributed by atoms with Gasteiger partial charge in [0.2, 0.25) is 5.95 Å². The number of allylic oxidation sites excluding steroid dienone is 2. The van der Waals surface area contributed by atoms with Gasteiger partial charge in [-0.05, 0) is 40.2 Å². The van der Waals surface area contributed by atoms with E-state index in [1.54, 1.807) is 17.8 Å². The lowest BCUT2D eigenvalue weighted by Crippen LogP contribution is -2.39. The van der Waals surface area contributed by atoms with Crippen LogP contribution in [0.4, 0.5) is 0 Å². The second-order valence-electron chi connectivity index (χ2n) is 6.36. The molecule has 0 atom stereocenters. The average molecular weight is 356 g/mol. The van der Waals surface area contributed by atoms with Gasteiger partial charge in [0.1, 0.15) is 0 Å². The van der Waals surface area contributed by atoms with E-state index in [1.165, 1.54) is 9.13 Å². The first kappa shape index (κ1) is 17.9. The molecular formula is C18H24N6O2. The smallest absolute Gasteiger partial charge is 0.303 e. The molecule has 0 aliphatic heterocycles. The number of imidazole rings is 1. The summed E-state index contributed by atoms with van der Waals surface area (Å²) in [5.41, 5.74) is 3.04. The van der Waals surface area contributed by atoms with Crippen LogP contribution in [0.3, 0.4) is 0 Å². The molecular weight excluding hydrogens is 332 g/mol. The van der Waals surface area contributed by atoms with Crippen LogP contribution in [0, 0.1) is 20.8 Å². The zero-order valence-corrected chi connectivity index (χ0v) is 16.1. The number of nitrogens with zero attached hydrogens (tertiary/aromatic N) is 6. The van der Waals surface area contributed by atoms with E-state index in [9.17, 15) is 9.59 Å². The summed E-state index contributed by atoms with van der Waals surface area (Å²) in [6.45, 7) is 10.5. The van der Waals surface area contributed by atoms with Gasteiger partial charge in [-0.15, -0.1) is 0 Å². The minimum atomic E-state index is -0.377. The van der Waals surface area contributed by atoms with Crippen molar-refractivity contribution in [3.63, 3.8) is 0 Å². The van der Waals surface area contributed by atoms with E-state index < -0.39 is 0 Å². The molecule has 3 rings (SSSR count). The van der Waals surface area contributed by atoms with Crippen LogP contribution in [-0.4, -0.2) is 28.5 Å². The van der Waals surface area contributed by atoms with Crippen LogP contribution < -0.4 is 11.2 Å². The summed E-state index contributed by atoms with van der Waals surface area (Å²) in [7, 11) is 1.64. The summed E-state index contributed by atoms with van der Waals surface area (Å²) in [6, 6.07) is 0. The fourth-order valence-electron chi connectivity index (χ4n) is 3.11. The fraction of sp³-hybridized carbons (Fsp3) is 0.444. The largest absolute Gasteiger partial charge is 0.332 e. The van der Waals surface area contributed by atoms with Gasteiger partial charge in [-0.2, -0.15) is 10.1 Å². The maximum atomic E-state index is 13.0. The lowest BCUT2D eigenvalue weighted by atomic mass is 10.2. The van der Waals surface area contributed by atoms with Crippen molar-refractivity contribution >= 4 is 11.2 Å². The Kier molecular flexibility index (Phi) is 4.43. The molecule has 8 nitrogen and oxygen atoms in total. The third-order valence-corrected chi connectivity index (χ3v) is 4.89. The van der Waals surface area contributed by atoms with Gasteiger partial charge in [-0.3, -0.25) is 13.9 Å². The van der Waals surface area contributed by atoms with Gasteiger partial charge < -0.3 is 4.57 Å². The first-order chi connectivity index (χ1) is 12.3. The summed E-state index contributed by atoms with van der Waals surface area (Å²) in [6.07, 6.45) is 3.60. The van der Waals surface area contributed by atoms with Crippen LogP contribution in [0.1, 0.15) is 30.8 Å². The second kappa shape index (κ2) is 6.44. The number of fused-ring (bicyclic) bond motifs is 1. The molecule has 0 amide bonds. The number of hydrogen-bond donors (Lipinski definition) is 0. The lowest BCUT2D eigenvalue weighted by Gasteiger charge is -2.08. The Labute approximate surface area is 151 Å². The van der Waals surface area contributed by atoms with Gasteiger partial charge in [0, 0.05) is 25.8 Å². The van der Waals surface area contributed by atoms with Crippen molar-refractivity contribution in [2.24, 2.45) is 7.05 Å². The van der Waals surface area contributed by atoms with Crippen LogP contribution in [0.15, 0.2) is 21.7 Å². The van der Waals surface area contributed by atoms with E-state index in [4.69, 9.17) is 0 Å². The molecule has 138 valence electrons. The second-order valence-corrected chi connectivity index (χ2v) is 6.36. The standard InChI is InChI=1S/C18H24N6O2/c1-7-9-10-23-16(25)14-15(21(6)18(23)26)19-17(22(14)8-2)24-13(5)11(3)12(4)20-24/h7,9H,8,10H2,1-6H3/b9-7-. The van der Waals surface area contributed by atoms with Crippen molar-refractivity contribution < 1.29 is 0 Å². The molecule has 0 aliphatic carbocycles. The van der Waals surface area contributed by atoms with Gasteiger partial charge in [0.15, 0.2) is 11.2 Å². The topological polar surface area (TPSA) is 79.6 Å². The van der Waals surface area contributed by atoms with Crippen molar-refractivity contribution in [1.29, 1.82) is 0 Å². The van der Waals surface area contributed by atoms with Crippen molar-refractivity contribution in [3.8, 4) is 5.95 Å². The van der Waals surface area contributed by atoms with Crippen molar-refractivity contribution in [1.82, 2.24) is 28.5 Å². The van der Waals surface area contributed by atoms with E-state index in [2.05, 4.69) is 10.1 Å². The van der Waals surface area contributed by atoms with E-state index in [0.29, 0.717) is 23.7 Å². The first-order valence-corrected chi connectivity index (χ1v) is 8.67. The normalized spacial score (nSPS) is 11.9. The van der Waals surface area contributed by atoms with Gasteiger partial charge in [0.05, 0.1) is 5.69 Å². The summed E-state index contributed by atoms with van der Waals surface area (Å²) >= 11 is 0. The molecule has 0 saturated heterocycles. The summed E-state index contributed by atoms with van der Waals surface area (Å²) in [5.74, 6) is 0.548. The van der Waals surface area contributed by atoms with Gasteiger partial charge in [-0.1, -0.05) is 12.2 Å². The minimum absolute atomic E-state index is 0.237. The predicted octanol–water partition coefficient (Wildman–Crippen LogP) is 1.60. The number of aromatic nitrogens is 6. The van der Waals surface area contributed by atoms with E-state index in [1.807, 2.05) is 45.3 Å². The van der Waals surface area contributed by atoms with Crippen molar-refractivity contribution in [3.05, 3.63) is 49.9 Å². The summed E-state index contributed by atoms with van der Waals surface area (Å²) in [4.78, 5) is 30.2. The van der Waals surface area contributed by atoms with Crippen LogP contribution in [-0.2, 0) is 20.1 Å². The monoisotopic (exact) mass is 356 g/mol. The van der Waals surface area contributed by atoms with Gasteiger partial charge in [-0.25, -0.2) is 9.48 Å². The highest BCUT2D eigenvalue weighted by atomic mass is 16.2. The fourth-order valence-corrected chi connectivity index (χ4v) is 3.11. The summed E-state index contributed by atoms with van der Waals surface area (Å²) < 4.78 is 6.22. The van der Waals surface area contributed by atoms with Crippen LogP contribution in [0.25, 0.3) is 17.1 Å². The van der Waals surface area contributed by atoms with Crippen LogP contribution >= 0.6 is 0 Å². The zero-order chi connectivity index (χ0) is 19.2. The van der Waals surface area contributed by atoms with Crippen molar-refractivity contribution in [2.75, 3.05) is 0 Å². The molecule has 0 fully saturated rings. The Morgan fingerprint density at radius 1 is 1.12 bits per heavy atom. The number of rotatable bonds is 4.